The zero-order valence-electron chi connectivity index (χ0n) is 12.0. The van der Waals surface area contributed by atoms with Gasteiger partial charge in [-0.3, -0.25) is 0 Å². The van der Waals surface area contributed by atoms with E-state index in [0.717, 1.165) is 11.3 Å². The van der Waals surface area contributed by atoms with Gasteiger partial charge in [0.25, 0.3) is 0 Å². The van der Waals surface area contributed by atoms with Gasteiger partial charge in [-0.1, -0.05) is 12.1 Å². The van der Waals surface area contributed by atoms with Crippen molar-refractivity contribution in [3.05, 3.63) is 59.0 Å². The molecular formula is C17H14N4S. The Morgan fingerprint density at radius 2 is 2.00 bits per heavy atom. The van der Waals surface area contributed by atoms with Crippen LogP contribution in [0.2, 0.25) is 0 Å². The van der Waals surface area contributed by atoms with E-state index in [-0.39, 0.29) is 5.95 Å². The number of rotatable bonds is 2. The third kappa shape index (κ3) is 1.98. The number of benzene rings is 1. The Labute approximate surface area is 131 Å². The van der Waals surface area contributed by atoms with Crippen LogP contribution in [0.5, 0.6) is 0 Å². The summed E-state index contributed by atoms with van der Waals surface area (Å²) >= 11 is 1.73. The number of anilines is 1. The molecule has 0 unspecified atom stereocenters. The highest BCUT2D eigenvalue weighted by atomic mass is 32.1. The summed E-state index contributed by atoms with van der Waals surface area (Å²) in [5, 5.41) is 5.58. The highest BCUT2D eigenvalue weighted by Crippen LogP contribution is 2.34. The van der Waals surface area contributed by atoms with E-state index in [4.69, 9.17) is 5.73 Å². The molecule has 0 saturated heterocycles. The Hall–Kier alpha value is -2.66. The molecule has 0 fully saturated rings. The Bertz CT molecular complexity index is 968. The van der Waals surface area contributed by atoms with Gasteiger partial charge in [-0.25, -0.2) is 4.98 Å². The molecule has 1 aromatic carbocycles. The minimum Gasteiger partial charge on any atom is -0.368 e. The van der Waals surface area contributed by atoms with Crippen LogP contribution in [0, 0.1) is 6.92 Å². The third-order valence-electron chi connectivity index (χ3n) is 3.78. The number of nitrogen functional groups attached to an aromatic ring is 1. The van der Waals surface area contributed by atoms with E-state index in [0.29, 0.717) is 0 Å². The number of thiophene rings is 1. The Morgan fingerprint density at radius 1 is 1.09 bits per heavy atom. The predicted molar refractivity (Wildman–Crippen MR) is 91.3 cm³/mol. The molecule has 22 heavy (non-hydrogen) atoms. The quantitative estimate of drug-likeness (QED) is 0.608. The minimum absolute atomic E-state index is 0.282. The molecule has 3 aromatic heterocycles. The molecule has 0 amide bonds. The van der Waals surface area contributed by atoms with E-state index in [1.807, 2.05) is 16.8 Å². The maximum Gasteiger partial charge on any atom is 0.221 e. The molecule has 108 valence electrons. The normalized spacial score (nSPS) is 11.1. The fraction of sp³-hybridized carbons (Fsp3) is 0.0588. The van der Waals surface area contributed by atoms with Gasteiger partial charge in [0.1, 0.15) is 5.82 Å². The summed E-state index contributed by atoms with van der Waals surface area (Å²) in [7, 11) is 0. The van der Waals surface area contributed by atoms with Crippen LogP contribution in [0.1, 0.15) is 5.56 Å². The molecule has 0 aliphatic heterocycles. The Morgan fingerprint density at radius 3 is 2.77 bits per heavy atom. The summed E-state index contributed by atoms with van der Waals surface area (Å²) < 4.78 is 2.04. The lowest BCUT2D eigenvalue weighted by molar-refractivity contribution is 1.02. The smallest absolute Gasteiger partial charge is 0.221 e. The van der Waals surface area contributed by atoms with Crippen molar-refractivity contribution in [1.29, 1.82) is 0 Å². The van der Waals surface area contributed by atoms with Crippen LogP contribution in [0.3, 0.4) is 0 Å². The fourth-order valence-electron chi connectivity index (χ4n) is 2.74. The number of aryl methyl sites for hydroxylation is 1. The lowest BCUT2D eigenvalue weighted by Gasteiger charge is -2.07. The Balaban J connectivity index is 1.96. The second-order valence-corrected chi connectivity index (χ2v) is 5.91. The summed E-state index contributed by atoms with van der Waals surface area (Å²) in [4.78, 5) is 8.26. The molecule has 4 aromatic rings. The van der Waals surface area contributed by atoms with Gasteiger partial charge in [-0.15, -0.1) is 0 Å². The molecule has 4 rings (SSSR count). The lowest BCUT2D eigenvalue weighted by atomic mass is 10.0. The Kier molecular flexibility index (Phi) is 2.94. The van der Waals surface area contributed by atoms with Gasteiger partial charge in [-0.05, 0) is 52.6 Å². The maximum atomic E-state index is 5.70. The molecule has 2 N–H and O–H groups in total. The zero-order chi connectivity index (χ0) is 15.1. The van der Waals surface area contributed by atoms with E-state index < -0.39 is 0 Å². The number of nitrogens with zero attached hydrogens (tertiary/aromatic N) is 3. The number of nitrogens with two attached hydrogens (primary N) is 1. The van der Waals surface area contributed by atoms with E-state index in [1.54, 1.807) is 17.5 Å². The predicted octanol–water partition coefficient (Wildman–Crippen LogP) is 4.04. The molecule has 4 nitrogen and oxygen atoms in total. The number of aromatic nitrogens is 3. The van der Waals surface area contributed by atoms with Crippen LogP contribution in [0.25, 0.3) is 27.8 Å². The molecule has 3 heterocycles. The molecule has 0 aliphatic carbocycles. The van der Waals surface area contributed by atoms with Gasteiger partial charge in [0.15, 0.2) is 0 Å². The first-order chi connectivity index (χ1) is 10.7. The van der Waals surface area contributed by atoms with Gasteiger partial charge >= 0.3 is 0 Å². The molecule has 0 radical (unpaired) electrons. The van der Waals surface area contributed by atoms with Crippen molar-refractivity contribution in [2.75, 3.05) is 5.73 Å². The van der Waals surface area contributed by atoms with E-state index in [2.05, 4.69) is 51.9 Å². The second-order valence-electron chi connectivity index (χ2n) is 5.17. The first kappa shape index (κ1) is 13.0. The van der Waals surface area contributed by atoms with Gasteiger partial charge in [0.2, 0.25) is 5.95 Å². The summed E-state index contributed by atoms with van der Waals surface area (Å²) in [6.45, 7) is 2.15. The van der Waals surface area contributed by atoms with Crippen molar-refractivity contribution in [1.82, 2.24) is 14.5 Å². The molecule has 0 spiro atoms. The van der Waals surface area contributed by atoms with Gasteiger partial charge < -0.3 is 10.3 Å². The van der Waals surface area contributed by atoms with Crippen LogP contribution in [-0.2, 0) is 0 Å². The lowest BCUT2D eigenvalue weighted by Crippen LogP contribution is -2.00. The zero-order valence-corrected chi connectivity index (χ0v) is 12.8. The van der Waals surface area contributed by atoms with Crippen LogP contribution in [-0.4, -0.2) is 14.5 Å². The average Bonchev–Trinajstić information content (AvgIpc) is 3.13. The fourth-order valence-corrected chi connectivity index (χ4v) is 3.58. The van der Waals surface area contributed by atoms with Crippen LogP contribution < -0.4 is 5.73 Å². The minimum atomic E-state index is 0.282. The van der Waals surface area contributed by atoms with E-state index in [9.17, 15) is 0 Å². The SMILES string of the molecule is Cc1cscc1-c1cccc2c1ccn2-c1ccnc(N)n1. The topological polar surface area (TPSA) is 56.7 Å². The van der Waals surface area contributed by atoms with Crippen molar-refractivity contribution in [3.8, 4) is 16.9 Å². The summed E-state index contributed by atoms with van der Waals surface area (Å²) in [6.07, 6.45) is 3.70. The van der Waals surface area contributed by atoms with Crippen molar-refractivity contribution >= 4 is 28.2 Å². The number of hydrogen-bond acceptors (Lipinski definition) is 4. The first-order valence-corrected chi connectivity index (χ1v) is 7.90. The molecule has 0 saturated carbocycles. The highest BCUT2D eigenvalue weighted by molar-refractivity contribution is 7.08. The second kappa shape index (κ2) is 4.96. The standard InChI is InChI=1S/C17H14N4S/c1-11-9-22-10-14(11)12-3-2-4-15-13(12)6-8-21(15)16-5-7-19-17(18)20-16/h2-10H,1H3,(H2,18,19,20). The van der Waals surface area contributed by atoms with Crippen LogP contribution in [0.4, 0.5) is 5.95 Å². The highest BCUT2D eigenvalue weighted by Gasteiger charge is 2.11. The van der Waals surface area contributed by atoms with Crippen LogP contribution >= 0.6 is 11.3 Å². The molecule has 0 bridgehead atoms. The summed E-state index contributed by atoms with van der Waals surface area (Å²) in [6, 6.07) is 10.3. The van der Waals surface area contributed by atoms with Gasteiger partial charge in [0, 0.05) is 17.8 Å². The van der Waals surface area contributed by atoms with Crippen molar-refractivity contribution in [2.45, 2.75) is 6.92 Å². The molecule has 0 aliphatic rings. The van der Waals surface area contributed by atoms with Gasteiger partial charge in [0.05, 0.1) is 5.52 Å². The molecular weight excluding hydrogens is 292 g/mol. The summed E-state index contributed by atoms with van der Waals surface area (Å²) in [5.74, 6) is 1.06. The number of fused-ring (bicyclic) bond motifs is 1. The van der Waals surface area contributed by atoms with Crippen LogP contribution in [0.15, 0.2) is 53.5 Å². The summed E-state index contributed by atoms with van der Waals surface area (Å²) in [5.41, 5.74) is 10.7. The van der Waals surface area contributed by atoms with Crippen molar-refractivity contribution < 1.29 is 0 Å². The molecule has 5 heteroatoms. The largest absolute Gasteiger partial charge is 0.368 e. The van der Waals surface area contributed by atoms with Crippen molar-refractivity contribution in [3.63, 3.8) is 0 Å². The third-order valence-corrected chi connectivity index (χ3v) is 4.65. The maximum absolute atomic E-state index is 5.70. The van der Waals surface area contributed by atoms with E-state index in [1.165, 1.54) is 22.1 Å². The van der Waals surface area contributed by atoms with Gasteiger partial charge in [-0.2, -0.15) is 16.3 Å². The molecule has 0 atom stereocenters. The van der Waals surface area contributed by atoms with Crippen molar-refractivity contribution in [2.24, 2.45) is 0 Å². The monoisotopic (exact) mass is 306 g/mol. The average molecular weight is 306 g/mol. The van der Waals surface area contributed by atoms with E-state index >= 15 is 0 Å². The first-order valence-electron chi connectivity index (χ1n) is 6.96. The number of hydrogen-bond donors (Lipinski definition) is 1.